The molecule has 0 radical (unpaired) electrons. The van der Waals surface area contributed by atoms with Crippen LogP contribution in [0.5, 0.6) is 5.75 Å². The Hall–Kier alpha value is -3.45. The van der Waals surface area contributed by atoms with E-state index >= 15 is 0 Å². The third-order valence-electron chi connectivity index (χ3n) is 6.06. The van der Waals surface area contributed by atoms with E-state index in [0.717, 1.165) is 23.4 Å². The van der Waals surface area contributed by atoms with Crippen molar-refractivity contribution in [2.45, 2.75) is 33.2 Å². The largest absolute Gasteiger partial charge is 0.497 e. The predicted octanol–water partition coefficient (Wildman–Crippen LogP) is 4.55. The van der Waals surface area contributed by atoms with Crippen molar-refractivity contribution in [1.29, 1.82) is 0 Å². The van der Waals surface area contributed by atoms with Gasteiger partial charge in [0.2, 0.25) is 0 Å². The van der Waals surface area contributed by atoms with Crippen LogP contribution in [0.2, 0.25) is 0 Å². The third kappa shape index (κ3) is 4.04. The summed E-state index contributed by atoms with van der Waals surface area (Å²) >= 11 is 5.29. The van der Waals surface area contributed by atoms with Gasteiger partial charge in [-0.3, -0.25) is 19.8 Å². The van der Waals surface area contributed by atoms with Gasteiger partial charge in [-0.05, 0) is 93.5 Å². The van der Waals surface area contributed by atoms with Gasteiger partial charge in [-0.25, -0.2) is 0 Å². The van der Waals surface area contributed by atoms with Gasteiger partial charge < -0.3 is 9.64 Å². The van der Waals surface area contributed by atoms with Crippen LogP contribution < -0.4 is 19.9 Å². The Morgan fingerprint density at radius 3 is 2.45 bits per heavy atom. The number of carbonyl (C=O) groups excluding carboxylic acids is 2. The highest BCUT2D eigenvalue weighted by Gasteiger charge is 2.35. The number of ether oxygens (including phenoxy) is 1. The van der Waals surface area contributed by atoms with Gasteiger partial charge in [-0.1, -0.05) is 12.1 Å². The van der Waals surface area contributed by atoms with E-state index in [0.29, 0.717) is 11.4 Å². The second-order valence-corrected chi connectivity index (χ2v) is 9.04. The van der Waals surface area contributed by atoms with Crippen LogP contribution in [0.3, 0.4) is 0 Å². The van der Waals surface area contributed by atoms with Crippen LogP contribution in [0.1, 0.15) is 38.8 Å². The van der Waals surface area contributed by atoms with Crippen LogP contribution in [0, 0.1) is 0 Å². The molecule has 0 bridgehead atoms. The van der Waals surface area contributed by atoms with E-state index in [1.165, 1.54) is 10.5 Å². The van der Waals surface area contributed by atoms with Gasteiger partial charge in [0.1, 0.15) is 11.3 Å². The lowest BCUT2D eigenvalue weighted by Gasteiger charge is -2.42. The Morgan fingerprint density at radius 1 is 1.12 bits per heavy atom. The first-order valence-corrected chi connectivity index (χ1v) is 11.2. The van der Waals surface area contributed by atoms with E-state index in [9.17, 15) is 9.59 Å². The zero-order chi connectivity index (χ0) is 23.9. The molecule has 0 aromatic heterocycles. The van der Waals surface area contributed by atoms with E-state index in [-0.39, 0.29) is 16.2 Å². The summed E-state index contributed by atoms with van der Waals surface area (Å²) in [6.45, 7) is 9.49. The molecule has 2 heterocycles. The maximum Gasteiger partial charge on any atom is 0.270 e. The van der Waals surface area contributed by atoms with Crippen molar-refractivity contribution in [2.24, 2.45) is 0 Å². The second kappa shape index (κ2) is 8.48. The molecule has 170 valence electrons. The molecule has 0 atom stereocenters. The molecule has 2 aliphatic heterocycles. The molecule has 0 saturated carbocycles. The zero-order valence-corrected chi connectivity index (χ0v) is 20.2. The predicted molar refractivity (Wildman–Crippen MR) is 136 cm³/mol. The van der Waals surface area contributed by atoms with Gasteiger partial charge >= 0.3 is 0 Å². The number of rotatable bonds is 4. The number of carbonyl (C=O) groups is 2. The number of allylic oxidation sites excluding steroid dienone is 1. The molecule has 0 aliphatic carbocycles. The number of hydrogen-bond acceptors (Lipinski definition) is 5. The molecule has 2 aromatic carbocycles. The molecule has 2 aromatic rings. The summed E-state index contributed by atoms with van der Waals surface area (Å²) < 4.78 is 5.18. The molecule has 2 amide bonds. The normalized spacial score (nSPS) is 18.8. The Labute approximate surface area is 199 Å². The molecular weight excluding hydrogens is 434 g/mol. The van der Waals surface area contributed by atoms with Crippen molar-refractivity contribution in [3.05, 3.63) is 65.2 Å². The lowest BCUT2D eigenvalue weighted by Crippen LogP contribution is -2.54. The monoisotopic (exact) mass is 461 g/mol. The number of nitrogens with one attached hydrogen (secondary N) is 1. The van der Waals surface area contributed by atoms with E-state index in [1.54, 1.807) is 37.5 Å². The summed E-state index contributed by atoms with van der Waals surface area (Å²) in [5.74, 6) is -0.304. The number of amides is 2. The number of likely N-dealkylation sites (N-methyl/N-ethyl adjacent to an activating group) is 1. The van der Waals surface area contributed by atoms with E-state index < -0.39 is 11.8 Å². The first kappa shape index (κ1) is 22.7. The quantitative estimate of drug-likeness (QED) is 0.411. The first-order valence-electron chi connectivity index (χ1n) is 10.8. The van der Waals surface area contributed by atoms with E-state index in [1.807, 2.05) is 12.1 Å². The van der Waals surface area contributed by atoms with E-state index in [4.69, 9.17) is 17.0 Å². The molecule has 6 nitrogen and oxygen atoms in total. The van der Waals surface area contributed by atoms with Crippen LogP contribution in [0.25, 0.3) is 11.6 Å². The highest BCUT2D eigenvalue weighted by atomic mass is 32.1. The average molecular weight is 462 g/mol. The Kier molecular flexibility index (Phi) is 5.84. The van der Waals surface area contributed by atoms with Crippen molar-refractivity contribution in [3.8, 4) is 5.75 Å². The first-order chi connectivity index (χ1) is 15.7. The lowest BCUT2D eigenvalue weighted by molar-refractivity contribution is -0.122. The molecule has 2 aliphatic rings. The molecule has 1 N–H and O–H groups in total. The van der Waals surface area contributed by atoms with Crippen molar-refractivity contribution < 1.29 is 14.3 Å². The van der Waals surface area contributed by atoms with Gasteiger partial charge in [-0.2, -0.15) is 0 Å². The van der Waals surface area contributed by atoms with Crippen LogP contribution in [-0.4, -0.2) is 36.1 Å². The highest BCUT2D eigenvalue weighted by Crippen LogP contribution is 2.39. The fourth-order valence-corrected chi connectivity index (χ4v) is 4.84. The number of nitrogens with zero attached hydrogens (tertiary/aromatic N) is 2. The number of fused-ring (bicyclic) bond motifs is 1. The molecule has 0 spiro atoms. The molecular formula is C26H27N3O3S. The summed E-state index contributed by atoms with van der Waals surface area (Å²) in [7, 11) is 1.57. The number of hydrogen-bond donors (Lipinski definition) is 1. The minimum atomic E-state index is -0.504. The minimum Gasteiger partial charge on any atom is -0.497 e. The maximum atomic E-state index is 13.3. The summed E-state index contributed by atoms with van der Waals surface area (Å²) in [6, 6.07) is 13.0. The van der Waals surface area contributed by atoms with E-state index in [2.05, 4.69) is 50.1 Å². The highest BCUT2D eigenvalue weighted by molar-refractivity contribution is 7.80. The molecule has 7 heteroatoms. The molecule has 1 saturated heterocycles. The summed E-state index contributed by atoms with van der Waals surface area (Å²) in [5, 5.41) is 2.69. The van der Waals surface area contributed by atoms with Gasteiger partial charge in [0.15, 0.2) is 5.11 Å². The Bertz CT molecular complexity index is 1210. The van der Waals surface area contributed by atoms with Crippen LogP contribution >= 0.6 is 12.2 Å². The Morgan fingerprint density at radius 2 is 1.82 bits per heavy atom. The smallest absolute Gasteiger partial charge is 0.270 e. The molecule has 33 heavy (non-hydrogen) atoms. The van der Waals surface area contributed by atoms with Crippen LogP contribution in [0.4, 0.5) is 11.4 Å². The van der Waals surface area contributed by atoms with Crippen molar-refractivity contribution in [1.82, 2.24) is 5.32 Å². The summed E-state index contributed by atoms with van der Waals surface area (Å²) in [4.78, 5) is 29.6. The van der Waals surface area contributed by atoms with Crippen molar-refractivity contribution >= 4 is 52.2 Å². The minimum absolute atomic E-state index is 0.0319. The Balaban J connectivity index is 1.72. The van der Waals surface area contributed by atoms with Gasteiger partial charge in [0, 0.05) is 17.8 Å². The SMILES string of the molecule is CCN1c2ccc(/C=C3/C(=O)NC(=S)N(c4ccc(OC)cc4)C3=O)cc2C(C)=CC1(C)C. The van der Waals surface area contributed by atoms with Crippen molar-refractivity contribution in [2.75, 3.05) is 23.5 Å². The molecule has 0 unspecified atom stereocenters. The second-order valence-electron chi connectivity index (χ2n) is 8.66. The standard InChI is InChI=1S/C26H27N3O3S/c1-6-28-22-12-7-17(13-20(22)16(2)15-26(28,3)4)14-21-23(30)27-25(33)29(24(21)31)18-8-10-19(32-5)11-9-18/h7-15H,6H2,1-5H3,(H,27,30,33)/b21-14-. The maximum absolute atomic E-state index is 13.3. The van der Waals surface area contributed by atoms with Crippen molar-refractivity contribution in [3.63, 3.8) is 0 Å². The fraction of sp³-hybridized carbons (Fsp3) is 0.269. The topological polar surface area (TPSA) is 61.9 Å². The summed E-state index contributed by atoms with van der Waals surface area (Å²) in [6.07, 6.45) is 3.87. The van der Waals surface area contributed by atoms with Crippen LogP contribution in [-0.2, 0) is 9.59 Å². The lowest BCUT2D eigenvalue weighted by atomic mass is 9.88. The number of anilines is 2. The zero-order valence-electron chi connectivity index (χ0n) is 19.4. The fourth-order valence-electron chi connectivity index (χ4n) is 4.56. The van der Waals surface area contributed by atoms with Gasteiger partial charge in [0.25, 0.3) is 11.8 Å². The number of benzene rings is 2. The molecule has 1 fully saturated rings. The molecule has 4 rings (SSSR count). The van der Waals surface area contributed by atoms with Crippen LogP contribution in [0.15, 0.2) is 54.1 Å². The third-order valence-corrected chi connectivity index (χ3v) is 6.35. The van der Waals surface area contributed by atoms with Gasteiger partial charge in [0.05, 0.1) is 18.3 Å². The van der Waals surface area contributed by atoms with Gasteiger partial charge in [-0.15, -0.1) is 0 Å². The summed E-state index contributed by atoms with van der Waals surface area (Å²) in [5.41, 5.74) is 4.69. The average Bonchev–Trinajstić information content (AvgIpc) is 2.77. The number of thiocarbonyl (C=S) groups is 1. The number of methoxy groups -OCH3 is 1.